The van der Waals surface area contributed by atoms with E-state index in [0.29, 0.717) is 42.0 Å². The lowest BCUT2D eigenvalue weighted by Gasteiger charge is -2.34. The molecule has 1 fully saturated rings. The summed E-state index contributed by atoms with van der Waals surface area (Å²) in [5, 5.41) is 5.09. The number of amides is 2. The summed E-state index contributed by atoms with van der Waals surface area (Å²) in [7, 11) is 1.62. The monoisotopic (exact) mass is 436 g/mol. The van der Waals surface area contributed by atoms with Crippen LogP contribution in [-0.4, -0.2) is 49.2 Å². The van der Waals surface area contributed by atoms with Gasteiger partial charge in [0.05, 0.1) is 16.8 Å². The van der Waals surface area contributed by atoms with Gasteiger partial charge in [0.2, 0.25) is 0 Å². The lowest BCUT2D eigenvalue weighted by atomic mass is 10.3. The average Bonchev–Trinajstić information content (AvgIpc) is 3.16. The SMILES string of the molecule is COc1ccc(Cl)c2sc(N3CCN(C(=O)Nc4ccc(Cl)cc4)CC3)nc12. The number of carbonyl (C=O) groups is 1. The number of hydrogen-bond acceptors (Lipinski definition) is 5. The predicted octanol–water partition coefficient (Wildman–Crippen LogP) is 4.97. The van der Waals surface area contributed by atoms with Gasteiger partial charge in [0.15, 0.2) is 5.13 Å². The summed E-state index contributed by atoms with van der Waals surface area (Å²) < 4.78 is 6.31. The van der Waals surface area contributed by atoms with E-state index >= 15 is 0 Å². The Kier molecular flexibility index (Phi) is 5.48. The van der Waals surface area contributed by atoms with Crippen LogP contribution in [-0.2, 0) is 0 Å². The summed E-state index contributed by atoms with van der Waals surface area (Å²) >= 11 is 13.7. The predicted molar refractivity (Wildman–Crippen MR) is 115 cm³/mol. The minimum Gasteiger partial charge on any atom is -0.494 e. The zero-order valence-corrected chi connectivity index (χ0v) is 17.4. The van der Waals surface area contributed by atoms with Crippen molar-refractivity contribution in [3.05, 3.63) is 46.4 Å². The molecule has 1 aromatic heterocycles. The Morgan fingerprint density at radius 3 is 2.50 bits per heavy atom. The number of aromatic nitrogens is 1. The third-order valence-electron chi connectivity index (χ3n) is 4.60. The molecule has 1 aliphatic heterocycles. The van der Waals surface area contributed by atoms with Gasteiger partial charge < -0.3 is 19.9 Å². The van der Waals surface area contributed by atoms with Gasteiger partial charge in [0.1, 0.15) is 11.3 Å². The van der Waals surface area contributed by atoms with Gasteiger partial charge in [-0.1, -0.05) is 34.5 Å². The van der Waals surface area contributed by atoms with Crippen LogP contribution in [0.5, 0.6) is 5.75 Å². The first kappa shape index (κ1) is 19.1. The fraction of sp³-hybridized carbons (Fsp3) is 0.263. The highest BCUT2D eigenvalue weighted by molar-refractivity contribution is 7.22. The Morgan fingerprint density at radius 2 is 1.82 bits per heavy atom. The summed E-state index contributed by atoms with van der Waals surface area (Å²) in [6.45, 7) is 2.63. The van der Waals surface area contributed by atoms with E-state index in [1.54, 1.807) is 47.6 Å². The Balaban J connectivity index is 1.42. The number of benzene rings is 2. The van der Waals surface area contributed by atoms with Gasteiger partial charge in [0, 0.05) is 36.9 Å². The van der Waals surface area contributed by atoms with Crippen molar-refractivity contribution >= 4 is 61.6 Å². The topological polar surface area (TPSA) is 57.7 Å². The van der Waals surface area contributed by atoms with E-state index in [1.807, 2.05) is 12.1 Å². The summed E-state index contributed by atoms with van der Waals surface area (Å²) in [4.78, 5) is 21.2. The van der Waals surface area contributed by atoms with Crippen LogP contribution in [0.1, 0.15) is 0 Å². The highest BCUT2D eigenvalue weighted by atomic mass is 35.5. The summed E-state index contributed by atoms with van der Waals surface area (Å²) in [6.07, 6.45) is 0. The highest BCUT2D eigenvalue weighted by Crippen LogP contribution is 2.38. The largest absolute Gasteiger partial charge is 0.494 e. The van der Waals surface area contributed by atoms with Crippen molar-refractivity contribution in [2.45, 2.75) is 0 Å². The maximum Gasteiger partial charge on any atom is 0.321 e. The Bertz CT molecular complexity index is 1000. The molecule has 2 aromatic carbocycles. The van der Waals surface area contributed by atoms with Gasteiger partial charge in [0.25, 0.3) is 0 Å². The van der Waals surface area contributed by atoms with E-state index in [9.17, 15) is 4.79 Å². The summed E-state index contributed by atoms with van der Waals surface area (Å²) in [5.41, 5.74) is 1.50. The molecule has 0 spiro atoms. The van der Waals surface area contributed by atoms with Crippen LogP contribution in [0.3, 0.4) is 0 Å². The molecule has 0 aliphatic carbocycles. The second-order valence-electron chi connectivity index (χ2n) is 6.33. The van der Waals surface area contributed by atoms with E-state index in [4.69, 9.17) is 32.9 Å². The molecule has 146 valence electrons. The highest BCUT2D eigenvalue weighted by Gasteiger charge is 2.24. The molecule has 6 nitrogen and oxygen atoms in total. The number of piperazine rings is 1. The quantitative estimate of drug-likeness (QED) is 0.629. The molecule has 0 radical (unpaired) electrons. The number of urea groups is 1. The molecular formula is C19H18Cl2N4O2S. The second kappa shape index (κ2) is 8.03. The number of anilines is 2. The number of nitrogens with one attached hydrogen (secondary N) is 1. The Morgan fingerprint density at radius 1 is 1.11 bits per heavy atom. The average molecular weight is 437 g/mol. The standard InChI is InChI=1S/C19H18Cl2N4O2S/c1-27-15-7-6-14(21)17-16(15)23-19(28-17)25-10-8-24(9-11-25)18(26)22-13-4-2-12(20)3-5-13/h2-7H,8-11H2,1H3,(H,22,26). The molecular weight excluding hydrogens is 419 g/mol. The summed E-state index contributed by atoms with van der Waals surface area (Å²) in [5.74, 6) is 0.711. The zero-order chi connectivity index (χ0) is 19.7. The number of thiazole rings is 1. The maximum absolute atomic E-state index is 12.5. The zero-order valence-electron chi connectivity index (χ0n) is 15.1. The van der Waals surface area contributed by atoms with Crippen LogP contribution in [0.15, 0.2) is 36.4 Å². The molecule has 1 aliphatic rings. The molecule has 9 heteroatoms. The Labute approximate surface area is 176 Å². The molecule has 0 saturated carbocycles. The number of methoxy groups -OCH3 is 1. The number of rotatable bonds is 3. The van der Waals surface area contributed by atoms with Crippen LogP contribution in [0, 0.1) is 0 Å². The molecule has 0 atom stereocenters. The van der Waals surface area contributed by atoms with Crippen LogP contribution < -0.4 is 15.0 Å². The molecule has 1 N–H and O–H groups in total. The van der Waals surface area contributed by atoms with Crippen molar-refractivity contribution in [1.29, 1.82) is 0 Å². The molecule has 3 aromatic rings. The van der Waals surface area contributed by atoms with E-state index in [2.05, 4.69) is 10.2 Å². The first-order valence-electron chi connectivity index (χ1n) is 8.74. The van der Waals surface area contributed by atoms with Gasteiger partial charge in [-0.05, 0) is 36.4 Å². The number of halogens is 2. The van der Waals surface area contributed by atoms with E-state index < -0.39 is 0 Å². The maximum atomic E-state index is 12.5. The van der Waals surface area contributed by atoms with Gasteiger partial charge in [-0.2, -0.15) is 0 Å². The fourth-order valence-corrected chi connectivity index (χ4v) is 4.51. The smallest absolute Gasteiger partial charge is 0.321 e. The van der Waals surface area contributed by atoms with Crippen molar-refractivity contribution < 1.29 is 9.53 Å². The third kappa shape index (κ3) is 3.83. The van der Waals surface area contributed by atoms with Crippen molar-refractivity contribution in [2.24, 2.45) is 0 Å². The van der Waals surface area contributed by atoms with Crippen molar-refractivity contribution in [2.75, 3.05) is 43.5 Å². The Hall–Kier alpha value is -2.22. The molecule has 2 amide bonds. The first-order valence-corrected chi connectivity index (χ1v) is 10.3. The lowest BCUT2D eigenvalue weighted by molar-refractivity contribution is 0.208. The van der Waals surface area contributed by atoms with Crippen LogP contribution >= 0.6 is 34.5 Å². The van der Waals surface area contributed by atoms with Crippen LogP contribution in [0.2, 0.25) is 10.0 Å². The normalized spacial score (nSPS) is 14.4. The van der Waals surface area contributed by atoms with Crippen molar-refractivity contribution in [3.63, 3.8) is 0 Å². The number of hydrogen-bond donors (Lipinski definition) is 1. The van der Waals surface area contributed by atoms with Gasteiger partial charge in [-0.3, -0.25) is 0 Å². The third-order valence-corrected chi connectivity index (χ3v) is 6.43. The van der Waals surface area contributed by atoms with Gasteiger partial charge >= 0.3 is 6.03 Å². The molecule has 28 heavy (non-hydrogen) atoms. The van der Waals surface area contributed by atoms with Crippen molar-refractivity contribution in [1.82, 2.24) is 9.88 Å². The molecule has 0 unspecified atom stereocenters. The van der Waals surface area contributed by atoms with E-state index in [1.165, 1.54) is 0 Å². The molecule has 0 bridgehead atoms. The minimum atomic E-state index is -0.115. The van der Waals surface area contributed by atoms with Crippen LogP contribution in [0.25, 0.3) is 10.2 Å². The molecule has 2 heterocycles. The van der Waals surface area contributed by atoms with Crippen LogP contribution in [0.4, 0.5) is 15.6 Å². The second-order valence-corrected chi connectivity index (χ2v) is 8.16. The van der Waals surface area contributed by atoms with E-state index in [0.717, 1.165) is 21.0 Å². The molecule has 4 rings (SSSR count). The number of ether oxygens (including phenoxy) is 1. The number of nitrogens with zero attached hydrogens (tertiary/aromatic N) is 3. The number of fused-ring (bicyclic) bond motifs is 1. The van der Waals surface area contributed by atoms with E-state index in [-0.39, 0.29) is 6.03 Å². The number of carbonyl (C=O) groups excluding carboxylic acids is 1. The fourth-order valence-electron chi connectivity index (χ4n) is 3.08. The molecule has 1 saturated heterocycles. The summed E-state index contributed by atoms with van der Waals surface area (Å²) in [6, 6.07) is 10.6. The lowest BCUT2D eigenvalue weighted by Crippen LogP contribution is -2.50. The van der Waals surface area contributed by atoms with Gasteiger partial charge in [-0.15, -0.1) is 0 Å². The van der Waals surface area contributed by atoms with Crippen molar-refractivity contribution in [3.8, 4) is 5.75 Å². The minimum absolute atomic E-state index is 0.115. The van der Waals surface area contributed by atoms with Gasteiger partial charge in [-0.25, -0.2) is 9.78 Å². The first-order chi connectivity index (χ1) is 13.5.